The Kier molecular flexibility index (Phi) is 3.74. The van der Waals surface area contributed by atoms with E-state index >= 15 is 0 Å². The Morgan fingerprint density at radius 3 is 2.74 bits per heavy atom. The Morgan fingerprint density at radius 2 is 2.05 bits per heavy atom. The Morgan fingerprint density at radius 1 is 1.32 bits per heavy atom. The van der Waals surface area contributed by atoms with Crippen LogP contribution in [0.15, 0.2) is 18.2 Å². The predicted molar refractivity (Wildman–Crippen MR) is 73.5 cm³/mol. The van der Waals surface area contributed by atoms with Crippen LogP contribution in [0.2, 0.25) is 0 Å². The summed E-state index contributed by atoms with van der Waals surface area (Å²) in [6, 6.07) is 4.83. The van der Waals surface area contributed by atoms with Gasteiger partial charge >= 0.3 is 0 Å². The molecule has 2 amide bonds. The molecule has 1 unspecified atom stereocenters. The molecule has 4 N–H and O–H groups in total. The third-order valence-corrected chi connectivity index (χ3v) is 3.65. The summed E-state index contributed by atoms with van der Waals surface area (Å²) in [5, 5.41) is 0. The standard InChI is InChI=1S/C14H19N3O2/c1-9-5-4-6-10(12(9)15)14(19)17-8-3-2-7-11(17)13(16)18/h4-6,11H,2-3,7-8,15H2,1H3,(H2,16,18). The van der Waals surface area contributed by atoms with E-state index in [1.54, 1.807) is 17.0 Å². The molecule has 102 valence electrons. The van der Waals surface area contributed by atoms with Crippen LogP contribution in [0.3, 0.4) is 0 Å². The van der Waals surface area contributed by atoms with Gasteiger partial charge in [0.05, 0.1) is 5.56 Å². The van der Waals surface area contributed by atoms with E-state index in [4.69, 9.17) is 11.5 Å². The van der Waals surface area contributed by atoms with Crippen molar-refractivity contribution in [2.45, 2.75) is 32.2 Å². The number of rotatable bonds is 2. The summed E-state index contributed by atoms with van der Waals surface area (Å²) in [6.07, 6.45) is 2.44. The van der Waals surface area contributed by atoms with E-state index in [9.17, 15) is 9.59 Å². The van der Waals surface area contributed by atoms with Gasteiger partial charge in [0.1, 0.15) is 6.04 Å². The summed E-state index contributed by atoms with van der Waals surface area (Å²) < 4.78 is 0. The van der Waals surface area contributed by atoms with Crippen LogP contribution < -0.4 is 11.5 Å². The fourth-order valence-corrected chi connectivity index (χ4v) is 2.49. The molecule has 1 fully saturated rings. The van der Waals surface area contributed by atoms with Crippen molar-refractivity contribution in [3.63, 3.8) is 0 Å². The van der Waals surface area contributed by atoms with Crippen LogP contribution in [0, 0.1) is 6.92 Å². The quantitative estimate of drug-likeness (QED) is 0.780. The highest BCUT2D eigenvalue weighted by atomic mass is 16.2. The van der Waals surface area contributed by atoms with Crippen LogP contribution in [0.25, 0.3) is 0 Å². The van der Waals surface area contributed by atoms with E-state index in [0.29, 0.717) is 24.2 Å². The number of carbonyl (C=O) groups is 2. The molecule has 1 aromatic rings. The first kappa shape index (κ1) is 13.4. The molecule has 0 bridgehead atoms. The van der Waals surface area contributed by atoms with E-state index in [-0.39, 0.29) is 5.91 Å². The highest BCUT2D eigenvalue weighted by Gasteiger charge is 2.31. The summed E-state index contributed by atoms with van der Waals surface area (Å²) >= 11 is 0. The molecule has 1 saturated heterocycles. The Bertz CT molecular complexity index is 513. The van der Waals surface area contributed by atoms with E-state index in [1.165, 1.54) is 0 Å². The molecular weight excluding hydrogens is 242 g/mol. The van der Waals surface area contributed by atoms with Crippen LogP contribution in [-0.4, -0.2) is 29.3 Å². The number of para-hydroxylation sites is 1. The first-order valence-corrected chi connectivity index (χ1v) is 6.47. The van der Waals surface area contributed by atoms with Gasteiger partial charge in [0, 0.05) is 12.2 Å². The normalized spacial score (nSPS) is 19.2. The van der Waals surface area contributed by atoms with Gasteiger partial charge in [-0.25, -0.2) is 0 Å². The van der Waals surface area contributed by atoms with E-state index in [1.807, 2.05) is 13.0 Å². The molecule has 1 aliphatic heterocycles. The second kappa shape index (κ2) is 5.30. The number of aryl methyl sites for hydroxylation is 1. The lowest BCUT2D eigenvalue weighted by molar-refractivity contribution is -0.123. The van der Waals surface area contributed by atoms with Gasteiger partial charge < -0.3 is 16.4 Å². The number of primary amides is 1. The molecule has 0 aromatic heterocycles. The number of nitrogen functional groups attached to an aromatic ring is 1. The number of nitrogens with two attached hydrogens (primary N) is 2. The van der Waals surface area contributed by atoms with Gasteiger partial charge in [0.25, 0.3) is 5.91 Å². The Balaban J connectivity index is 2.31. The molecule has 5 heteroatoms. The first-order valence-electron chi connectivity index (χ1n) is 6.47. The first-order chi connectivity index (χ1) is 9.02. The van der Waals surface area contributed by atoms with Gasteiger partial charge in [-0.15, -0.1) is 0 Å². The van der Waals surface area contributed by atoms with Crippen molar-refractivity contribution in [1.82, 2.24) is 4.90 Å². The summed E-state index contributed by atoms with van der Waals surface area (Å²) in [5.74, 6) is -0.649. The minimum Gasteiger partial charge on any atom is -0.398 e. The van der Waals surface area contributed by atoms with Gasteiger partial charge in [0.15, 0.2) is 0 Å². The summed E-state index contributed by atoms with van der Waals surface area (Å²) in [4.78, 5) is 25.5. The van der Waals surface area contributed by atoms with Crippen molar-refractivity contribution in [1.29, 1.82) is 0 Å². The number of carbonyl (C=O) groups excluding carboxylic acids is 2. The molecule has 1 heterocycles. The molecule has 1 aliphatic rings. The number of hydrogen-bond donors (Lipinski definition) is 2. The molecule has 0 spiro atoms. The number of nitrogens with zero attached hydrogens (tertiary/aromatic N) is 1. The fraction of sp³-hybridized carbons (Fsp3) is 0.429. The summed E-state index contributed by atoms with van der Waals surface area (Å²) in [6.45, 7) is 2.41. The number of benzene rings is 1. The number of hydrogen-bond acceptors (Lipinski definition) is 3. The SMILES string of the molecule is Cc1cccc(C(=O)N2CCCCC2C(N)=O)c1N. The van der Waals surface area contributed by atoms with Crippen LogP contribution in [0.1, 0.15) is 35.2 Å². The third-order valence-electron chi connectivity index (χ3n) is 3.65. The molecule has 0 aliphatic carbocycles. The van der Waals surface area contributed by atoms with Crippen LogP contribution in [-0.2, 0) is 4.79 Å². The average molecular weight is 261 g/mol. The van der Waals surface area contributed by atoms with Crippen molar-refractivity contribution in [2.24, 2.45) is 5.73 Å². The van der Waals surface area contributed by atoms with Gasteiger partial charge in [0.2, 0.25) is 5.91 Å². The largest absolute Gasteiger partial charge is 0.398 e. The molecular formula is C14H19N3O2. The lowest BCUT2D eigenvalue weighted by Crippen LogP contribution is -2.50. The number of piperidine rings is 1. The van der Waals surface area contributed by atoms with Crippen LogP contribution in [0.4, 0.5) is 5.69 Å². The molecule has 2 rings (SSSR count). The smallest absolute Gasteiger partial charge is 0.256 e. The molecule has 0 saturated carbocycles. The van der Waals surface area contributed by atoms with Crippen molar-refractivity contribution in [2.75, 3.05) is 12.3 Å². The second-order valence-corrected chi connectivity index (χ2v) is 4.95. The van der Waals surface area contributed by atoms with E-state index in [2.05, 4.69) is 0 Å². The molecule has 1 aromatic carbocycles. The molecule has 0 radical (unpaired) electrons. The minimum atomic E-state index is -0.513. The number of likely N-dealkylation sites (tertiary alicyclic amines) is 1. The summed E-state index contributed by atoms with van der Waals surface area (Å²) in [7, 11) is 0. The minimum absolute atomic E-state index is 0.204. The Labute approximate surface area is 112 Å². The van der Waals surface area contributed by atoms with Crippen molar-refractivity contribution < 1.29 is 9.59 Å². The number of anilines is 1. The maximum Gasteiger partial charge on any atom is 0.256 e. The molecule has 5 nitrogen and oxygen atoms in total. The second-order valence-electron chi connectivity index (χ2n) is 4.95. The monoisotopic (exact) mass is 261 g/mol. The topological polar surface area (TPSA) is 89.4 Å². The van der Waals surface area contributed by atoms with E-state index in [0.717, 1.165) is 18.4 Å². The maximum atomic E-state index is 12.5. The lowest BCUT2D eigenvalue weighted by Gasteiger charge is -2.34. The van der Waals surface area contributed by atoms with Crippen molar-refractivity contribution in [3.05, 3.63) is 29.3 Å². The zero-order valence-corrected chi connectivity index (χ0v) is 11.1. The van der Waals surface area contributed by atoms with Gasteiger partial charge in [-0.3, -0.25) is 9.59 Å². The maximum absolute atomic E-state index is 12.5. The third kappa shape index (κ3) is 2.54. The predicted octanol–water partition coefficient (Wildman–Crippen LogP) is 1.06. The van der Waals surface area contributed by atoms with Crippen molar-refractivity contribution in [3.8, 4) is 0 Å². The van der Waals surface area contributed by atoms with Gasteiger partial charge in [-0.1, -0.05) is 12.1 Å². The zero-order chi connectivity index (χ0) is 14.0. The van der Waals surface area contributed by atoms with Crippen molar-refractivity contribution >= 4 is 17.5 Å². The summed E-state index contributed by atoms with van der Waals surface area (Å²) in [5.41, 5.74) is 13.1. The highest BCUT2D eigenvalue weighted by Crippen LogP contribution is 2.23. The van der Waals surface area contributed by atoms with Gasteiger partial charge in [-0.05, 0) is 37.8 Å². The van der Waals surface area contributed by atoms with Crippen LogP contribution in [0.5, 0.6) is 0 Å². The Hall–Kier alpha value is -2.04. The van der Waals surface area contributed by atoms with Gasteiger partial charge in [-0.2, -0.15) is 0 Å². The van der Waals surface area contributed by atoms with E-state index < -0.39 is 11.9 Å². The average Bonchev–Trinajstić information content (AvgIpc) is 2.41. The molecule has 19 heavy (non-hydrogen) atoms. The van der Waals surface area contributed by atoms with Crippen LogP contribution >= 0.6 is 0 Å². The highest BCUT2D eigenvalue weighted by molar-refractivity contribution is 6.01. The lowest BCUT2D eigenvalue weighted by atomic mass is 9.99. The zero-order valence-electron chi connectivity index (χ0n) is 11.1. The number of amides is 2. The molecule has 1 atom stereocenters. The fourth-order valence-electron chi connectivity index (χ4n) is 2.49.